The Balaban J connectivity index is 1.99. The maximum absolute atomic E-state index is 10.8. The van der Waals surface area contributed by atoms with E-state index in [0.717, 1.165) is 11.1 Å². The highest BCUT2D eigenvalue weighted by Gasteiger charge is 2.03. The molecule has 0 aliphatic carbocycles. The van der Waals surface area contributed by atoms with Crippen LogP contribution >= 0.6 is 11.8 Å². The average Bonchev–Trinajstić information content (AvgIpc) is 2.52. The minimum Gasteiger partial charge on any atom is -0.504 e. The van der Waals surface area contributed by atoms with Crippen LogP contribution in [0.5, 0.6) is 11.5 Å². The maximum atomic E-state index is 10.8. The van der Waals surface area contributed by atoms with Gasteiger partial charge in [-0.1, -0.05) is 60.3 Å². The summed E-state index contributed by atoms with van der Waals surface area (Å²) in [5.74, 6) is 1.20. The molecule has 2 aromatic rings. The Labute approximate surface area is 134 Å². The normalized spacial score (nSPS) is 10.8. The highest BCUT2D eigenvalue weighted by Crippen LogP contribution is 2.28. The highest BCUT2D eigenvalue weighted by atomic mass is 32.2. The molecule has 22 heavy (non-hydrogen) atoms. The molecule has 0 aromatic heterocycles. The second-order valence-electron chi connectivity index (χ2n) is 4.71. The van der Waals surface area contributed by atoms with E-state index in [1.807, 2.05) is 42.5 Å². The van der Waals surface area contributed by atoms with Crippen molar-refractivity contribution in [2.75, 3.05) is 5.75 Å². The van der Waals surface area contributed by atoms with Crippen LogP contribution in [0, 0.1) is 0 Å². The molecule has 0 heterocycles. The molecular weight excluding hydrogens is 296 g/mol. The molecule has 1 N–H and O–H groups in total. The molecule has 2 aromatic carbocycles. The molecule has 0 bridgehead atoms. The Morgan fingerprint density at radius 3 is 2.73 bits per heavy atom. The fraction of sp³-hybridized carbons (Fsp3) is 0.167. The molecule has 0 atom stereocenters. The first-order valence-electron chi connectivity index (χ1n) is 6.95. The molecule has 114 valence electrons. The minimum absolute atomic E-state index is 0.0993. The molecule has 0 amide bonds. The van der Waals surface area contributed by atoms with Gasteiger partial charge < -0.3 is 9.84 Å². The number of benzene rings is 2. The Kier molecular flexibility index (Phi) is 6.10. The second-order valence-corrected chi connectivity index (χ2v) is 5.90. The smallest absolute Gasteiger partial charge is 0.186 e. The van der Waals surface area contributed by atoms with E-state index in [9.17, 15) is 9.90 Å². The summed E-state index contributed by atoms with van der Waals surface area (Å²) in [6, 6.07) is 15.0. The number of thioether (sulfide) groups is 1. The van der Waals surface area contributed by atoms with Crippen LogP contribution in [0.4, 0.5) is 0 Å². The van der Waals surface area contributed by atoms with Crippen LogP contribution in [0.15, 0.2) is 54.6 Å². The van der Waals surface area contributed by atoms with E-state index in [1.54, 1.807) is 25.1 Å². The van der Waals surface area contributed by atoms with E-state index < -0.39 is 0 Å². The summed E-state index contributed by atoms with van der Waals surface area (Å²) >= 11 is 1.26. The summed E-state index contributed by atoms with van der Waals surface area (Å²) < 4.78 is 5.66. The van der Waals surface area contributed by atoms with Crippen molar-refractivity contribution in [3.63, 3.8) is 0 Å². The van der Waals surface area contributed by atoms with Crippen LogP contribution in [0.3, 0.4) is 0 Å². The van der Waals surface area contributed by atoms with Gasteiger partial charge in [0, 0.05) is 12.7 Å². The van der Waals surface area contributed by atoms with Gasteiger partial charge in [0.05, 0.1) is 0 Å². The lowest BCUT2D eigenvalue weighted by atomic mass is 10.2. The van der Waals surface area contributed by atoms with Crippen molar-refractivity contribution < 1.29 is 14.6 Å². The Morgan fingerprint density at radius 1 is 1.23 bits per heavy atom. The molecule has 4 heteroatoms. The summed E-state index contributed by atoms with van der Waals surface area (Å²) in [4.78, 5) is 10.8. The molecule has 0 saturated carbocycles. The van der Waals surface area contributed by atoms with Gasteiger partial charge >= 0.3 is 0 Å². The Hall–Kier alpha value is -2.20. The highest BCUT2D eigenvalue weighted by molar-refractivity contribution is 8.13. The number of carbonyl (C=O) groups excluding carboxylic acids is 1. The topological polar surface area (TPSA) is 46.5 Å². The van der Waals surface area contributed by atoms with Crippen molar-refractivity contribution in [3.05, 3.63) is 65.7 Å². The van der Waals surface area contributed by atoms with Gasteiger partial charge in [-0.15, -0.1) is 0 Å². The van der Waals surface area contributed by atoms with Gasteiger partial charge in [0.25, 0.3) is 0 Å². The molecule has 0 aliphatic heterocycles. The number of phenolic OH excluding ortho intramolecular Hbond substituents is 1. The molecule has 0 unspecified atom stereocenters. The number of ether oxygens (including phenoxy) is 1. The van der Waals surface area contributed by atoms with E-state index >= 15 is 0 Å². The molecule has 2 rings (SSSR count). The number of hydrogen-bond donors (Lipinski definition) is 1. The van der Waals surface area contributed by atoms with Gasteiger partial charge in [0.1, 0.15) is 6.61 Å². The maximum Gasteiger partial charge on any atom is 0.186 e. The Bertz CT molecular complexity index is 651. The lowest BCUT2D eigenvalue weighted by Gasteiger charge is -2.09. The van der Waals surface area contributed by atoms with E-state index in [1.165, 1.54) is 11.8 Å². The van der Waals surface area contributed by atoms with Crippen LogP contribution < -0.4 is 4.74 Å². The predicted octanol–water partition coefficient (Wildman–Crippen LogP) is 4.26. The van der Waals surface area contributed by atoms with Crippen LogP contribution in [0.1, 0.15) is 18.1 Å². The first kappa shape index (κ1) is 16.2. The number of aromatic hydroxyl groups is 1. The number of carbonyl (C=O) groups is 1. The van der Waals surface area contributed by atoms with Crippen molar-refractivity contribution >= 4 is 23.0 Å². The summed E-state index contributed by atoms with van der Waals surface area (Å²) in [5, 5.41) is 9.96. The van der Waals surface area contributed by atoms with Crippen molar-refractivity contribution in [1.29, 1.82) is 0 Å². The Morgan fingerprint density at radius 2 is 2.00 bits per heavy atom. The quantitative estimate of drug-likeness (QED) is 0.865. The van der Waals surface area contributed by atoms with Crippen molar-refractivity contribution in [2.24, 2.45) is 0 Å². The number of hydrogen-bond acceptors (Lipinski definition) is 4. The number of rotatable bonds is 6. The van der Waals surface area contributed by atoms with Gasteiger partial charge in [-0.3, -0.25) is 4.79 Å². The van der Waals surface area contributed by atoms with Gasteiger partial charge in [0.2, 0.25) is 0 Å². The van der Waals surface area contributed by atoms with Crippen LogP contribution in [-0.2, 0) is 11.4 Å². The zero-order valence-electron chi connectivity index (χ0n) is 12.4. The summed E-state index contributed by atoms with van der Waals surface area (Å²) in [5.41, 5.74) is 1.96. The predicted molar refractivity (Wildman–Crippen MR) is 91.1 cm³/mol. The first-order chi connectivity index (χ1) is 10.6. The largest absolute Gasteiger partial charge is 0.504 e. The fourth-order valence-electron chi connectivity index (χ4n) is 1.83. The third-order valence-electron chi connectivity index (χ3n) is 2.91. The summed E-state index contributed by atoms with van der Waals surface area (Å²) in [7, 11) is 0. The molecular formula is C18H18O3S. The SMILES string of the molecule is CC(=O)SCC=Cc1ccc(O)c(OCc2ccccc2)c1. The van der Waals surface area contributed by atoms with E-state index in [0.29, 0.717) is 18.1 Å². The molecule has 0 spiro atoms. The molecule has 0 radical (unpaired) electrons. The second kappa shape index (κ2) is 8.29. The van der Waals surface area contributed by atoms with Crippen molar-refractivity contribution in [2.45, 2.75) is 13.5 Å². The van der Waals surface area contributed by atoms with Crippen LogP contribution in [0.2, 0.25) is 0 Å². The van der Waals surface area contributed by atoms with E-state index in [4.69, 9.17) is 4.74 Å². The van der Waals surface area contributed by atoms with Gasteiger partial charge in [0.15, 0.2) is 16.6 Å². The van der Waals surface area contributed by atoms with Gasteiger partial charge in [-0.05, 0) is 23.3 Å². The first-order valence-corrected chi connectivity index (χ1v) is 7.93. The fourth-order valence-corrected chi connectivity index (χ4v) is 2.26. The van der Waals surface area contributed by atoms with Crippen molar-refractivity contribution in [1.82, 2.24) is 0 Å². The summed E-state index contributed by atoms with van der Waals surface area (Å²) in [6.07, 6.45) is 3.82. The van der Waals surface area contributed by atoms with E-state index in [2.05, 4.69) is 0 Å². The lowest BCUT2D eigenvalue weighted by molar-refractivity contribution is -0.109. The van der Waals surface area contributed by atoms with E-state index in [-0.39, 0.29) is 10.9 Å². The molecule has 0 aliphatic rings. The summed E-state index contributed by atoms with van der Waals surface area (Å²) in [6.45, 7) is 1.95. The average molecular weight is 314 g/mol. The monoisotopic (exact) mass is 314 g/mol. The minimum atomic E-state index is 0.0993. The third-order valence-corrected chi connectivity index (χ3v) is 3.68. The zero-order valence-corrected chi connectivity index (χ0v) is 13.2. The third kappa shape index (κ3) is 5.30. The molecule has 0 fully saturated rings. The standard InChI is InChI=1S/C18H18O3S/c1-14(19)22-11-5-8-15-9-10-17(20)18(12-15)21-13-16-6-3-2-4-7-16/h2-10,12,20H,11,13H2,1H3. The van der Waals surface area contributed by atoms with Crippen LogP contribution in [0.25, 0.3) is 6.08 Å². The van der Waals surface area contributed by atoms with Crippen molar-refractivity contribution in [3.8, 4) is 11.5 Å². The zero-order chi connectivity index (χ0) is 15.8. The van der Waals surface area contributed by atoms with Crippen LogP contribution in [-0.4, -0.2) is 16.0 Å². The molecule has 0 saturated heterocycles. The number of phenols is 1. The lowest BCUT2D eigenvalue weighted by Crippen LogP contribution is -1.95. The molecule has 3 nitrogen and oxygen atoms in total. The van der Waals surface area contributed by atoms with Gasteiger partial charge in [-0.2, -0.15) is 0 Å². The van der Waals surface area contributed by atoms with Gasteiger partial charge in [-0.25, -0.2) is 0 Å².